The van der Waals surface area contributed by atoms with Crippen LogP contribution in [-0.2, 0) is 19.1 Å². The van der Waals surface area contributed by atoms with Crippen molar-refractivity contribution in [3.05, 3.63) is 88.1 Å². The summed E-state index contributed by atoms with van der Waals surface area (Å²) in [7, 11) is 2.53. The average Bonchev–Trinajstić information content (AvgIpc) is 4.21. The van der Waals surface area contributed by atoms with Gasteiger partial charge in [0.15, 0.2) is 0 Å². The number of thiophene rings is 1. The molecule has 0 bridgehead atoms. The van der Waals surface area contributed by atoms with Crippen molar-refractivity contribution in [1.82, 2.24) is 44.9 Å². The van der Waals surface area contributed by atoms with E-state index in [9.17, 15) is 23.6 Å². The topological polar surface area (TPSA) is 189 Å². The number of imidazole rings is 2. The van der Waals surface area contributed by atoms with Gasteiger partial charge in [0, 0.05) is 40.4 Å². The minimum atomic E-state index is -0.790. The largest absolute Gasteiger partial charge is 0.464 e. The lowest BCUT2D eigenvalue weighted by atomic mass is 10.0. The Balaban J connectivity index is 1.04. The van der Waals surface area contributed by atoms with Crippen LogP contribution in [0.15, 0.2) is 60.9 Å². The van der Waals surface area contributed by atoms with Crippen molar-refractivity contribution in [3.63, 3.8) is 0 Å². The van der Waals surface area contributed by atoms with Gasteiger partial charge in [0.25, 0.3) is 0 Å². The predicted octanol–water partition coefficient (Wildman–Crippen LogP) is 9.39. The number of hydrogen-bond acceptors (Lipinski definition) is 10. The van der Waals surface area contributed by atoms with Gasteiger partial charge in [-0.15, -0.1) is 11.3 Å². The minimum Gasteiger partial charge on any atom is -0.464 e. The molecule has 2 fully saturated rings. The molecule has 3 aliphatic rings. The molecule has 0 saturated carbocycles. The number of alkyl carbamates (subject to hydrolysis) is 2. The Kier molecular flexibility index (Phi) is 13.2. The van der Waals surface area contributed by atoms with Gasteiger partial charge in [-0.3, -0.25) is 18.5 Å². The molecule has 0 aliphatic carbocycles. The molecule has 2 saturated heterocycles. The average molecular weight is 966 g/mol. The smallest absolute Gasteiger partial charge is 0.407 e. The van der Waals surface area contributed by atoms with E-state index in [1.165, 1.54) is 31.6 Å². The van der Waals surface area contributed by atoms with E-state index in [4.69, 9.17) is 19.2 Å². The van der Waals surface area contributed by atoms with Gasteiger partial charge in [0.05, 0.1) is 78.4 Å². The second-order valence-electron chi connectivity index (χ2n) is 18.7. The second kappa shape index (κ2) is 19.3. The Morgan fingerprint density at radius 2 is 1.38 bits per heavy atom. The number of alkyl halides is 1. The van der Waals surface area contributed by atoms with Crippen LogP contribution in [0.4, 0.5) is 18.4 Å². The molecular formula is C50H57F2N9O7S. The first-order valence-corrected chi connectivity index (χ1v) is 24.2. The standard InChI is InChI=1S/C50H57F2N9O7S/c1-25(2)42(57-49(64)66-6)46(62)59-16-8-10-35(59)44-53-23-32(55-44)28-12-13-34-30(18-28)20-37-41-31(52)19-29(21-38(41)68-48(61(34)37)40-15-14-39(69-40)27(5)22-51)33-24-54-45(56-33)36-11-9-17-60(36)47(63)43(26(3)4)58-50(65)67-7/h12-15,18-21,23-27,35-36,42-43,48H,8-11,16-17,22H2,1-7H3,(H,53,55)(H,54,56)(H,57,64)(H,58,65)/t27?,35-,36-,42-,43-,48?/m0/s1. The number of fused-ring (bicyclic) bond motifs is 5. The van der Waals surface area contributed by atoms with Crippen molar-refractivity contribution in [2.24, 2.45) is 11.8 Å². The molecule has 3 aliphatic heterocycles. The summed E-state index contributed by atoms with van der Waals surface area (Å²) >= 11 is 1.45. The number of nitrogens with zero attached hydrogens (tertiary/aromatic N) is 5. The Morgan fingerprint density at radius 3 is 1.93 bits per heavy atom. The van der Waals surface area contributed by atoms with Crippen molar-refractivity contribution in [2.45, 2.75) is 96.6 Å². The number of ether oxygens (including phenoxy) is 3. The van der Waals surface area contributed by atoms with Crippen molar-refractivity contribution in [3.8, 4) is 39.5 Å². The van der Waals surface area contributed by atoms with Gasteiger partial charge in [-0.25, -0.2) is 23.9 Å². The van der Waals surface area contributed by atoms with Gasteiger partial charge in [-0.2, -0.15) is 0 Å². The first kappa shape index (κ1) is 47.3. The molecule has 0 radical (unpaired) electrons. The van der Waals surface area contributed by atoms with E-state index in [0.29, 0.717) is 60.3 Å². The molecule has 2 unspecified atom stereocenters. The third-order valence-corrected chi connectivity index (χ3v) is 14.9. The first-order chi connectivity index (χ1) is 33.2. The van der Waals surface area contributed by atoms with E-state index in [1.807, 2.05) is 75.6 Å². The maximum atomic E-state index is 16.9. The zero-order valence-electron chi connectivity index (χ0n) is 39.6. The number of H-pyrrole nitrogens is 2. The molecule has 16 nitrogen and oxygen atoms in total. The van der Waals surface area contributed by atoms with Crippen LogP contribution >= 0.6 is 11.3 Å². The summed E-state index contributed by atoms with van der Waals surface area (Å²) in [4.78, 5) is 73.3. The fraction of sp³-hybridized carbons (Fsp3) is 0.440. The van der Waals surface area contributed by atoms with Crippen molar-refractivity contribution in [1.29, 1.82) is 0 Å². The number of aromatic nitrogens is 5. The third-order valence-electron chi connectivity index (χ3n) is 13.5. The van der Waals surface area contributed by atoms with E-state index >= 15 is 4.39 Å². The molecule has 9 rings (SSSR count). The zero-order chi connectivity index (χ0) is 48.8. The van der Waals surface area contributed by atoms with Crippen molar-refractivity contribution < 1.29 is 42.2 Å². The number of benzene rings is 2. The molecule has 6 atom stereocenters. The number of halogens is 2. The predicted molar refractivity (Wildman–Crippen MR) is 256 cm³/mol. The summed E-state index contributed by atoms with van der Waals surface area (Å²) in [6.07, 6.45) is 4.18. The number of amides is 4. The fourth-order valence-corrected chi connectivity index (χ4v) is 10.9. The molecule has 4 N–H and O–H groups in total. The molecule has 364 valence electrons. The normalized spacial score (nSPS) is 19.0. The van der Waals surface area contributed by atoms with Gasteiger partial charge >= 0.3 is 12.2 Å². The summed E-state index contributed by atoms with van der Waals surface area (Å²) in [5.41, 5.74) is 4.26. The summed E-state index contributed by atoms with van der Waals surface area (Å²) in [5, 5.41) is 6.19. The van der Waals surface area contributed by atoms with Crippen LogP contribution in [0.1, 0.15) is 106 Å². The molecule has 0 spiro atoms. The molecule has 4 aromatic heterocycles. The van der Waals surface area contributed by atoms with Crippen LogP contribution in [0.5, 0.6) is 5.75 Å². The van der Waals surface area contributed by atoms with E-state index < -0.39 is 43.0 Å². The van der Waals surface area contributed by atoms with E-state index in [1.54, 1.807) is 28.3 Å². The van der Waals surface area contributed by atoms with Crippen LogP contribution < -0.4 is 15.4 Å². The molecule has 6 aromatic rings. The maximum absolute atomic E-state index is 16.9. The van der Waals surface area contributed by atoms with E-state index in [-0.39, 0.29) is 47.2 Å². The lowest BCUT2D eigenvalue weighted by Crippen LogP contribution is -2.51. The Morgan fingerprint density at radius 1 is 0.797 bits per heavy atom. The monoisotopic (exact) mass is 965 g/mol. The van der Waals surface area contributed by atoms with Crippen LogP contribution in [0.2, 0.25) is 0 Å². The van der Waals surface area contributed by atoms with Crippen LogP contribution in [-0.4, -0.2) is 104 Å². The maximum Gasteiger partial charge on any atom is 0.407 e. The van der Waals surface area contributed by atoms with Gasteiger partial charge in [-0.05, 0) is 80.0 Å². The highest BCUT2D eigenvalue weighted by Crippen LogP contribution is 2.49. The van der Waals surface area contributed by atoms with Crippen molar-refractivity contribution in [2.75, 3.05) is 34.0 Å². The fourth-order valence-electron chi connectivity index (χ4n) is 9.82. The van der Waals surface area contributed by atoms with Crippen molar-refractivity contribution >= 4 is 46.2 Å². The molecule has 19 heteroatoms. The second-order valence-corrected chi connectivity index (χ2v) is 19.9. The minimum absolute atomic E-state index is 0.167. The number of nitrogens with one attached hydrogen (secondary N) is 4. The highest BCUT2D eigenvalue weighted by atomic mass is 32.1. The highest BCUT2D eigenvalue weighted by molar-refractivity contribution is 7.12. The molecule has 2 aromatic carbocycles. The lowest BCUT2D eigenvalue weighted by Gasteiger charge is -2.30. The number of carbonyl (C=O) groups is 4. The first-order valence-electron chi connectivity index (χ1n) is 23.4. The summed E-state index contributed by atoms with van der Waals surface area (Å²) in [6, 6.07) is 12.7. The van der Waals surface area contributed by atoms with Crippen LogP contribution in [0.3, 0.4) is 0 Å². The van der Waals surface area contributed by atoms with E-state index in [0.717, 1.165) is 44.8 Å². The Bertz CT molecular complexity index is 2910. The Labute approximate surface area is 402 Å². The van der Waals surface area contributed by atoms with Gasteiger partial charge < -0.3 is 44.6 Å². The van der Waals surface area contributed by atoms with E-state index in [2.05, 4.69) is 25.6 Å². The highest BCUT2D eigenvalue weighted by Gasteiger charge is 2.40. The number of hydrogen-bond donors (Lipinski definition) is 4. The molecule has 69 heavy (non-hydrogen) atoms. The lowest BCUT2D eigenvalue weighted by molar-refractivity contribution is -0.136. The summed E-state index contributed by atoms with van der Waals surface area (Å²) < 4.78 is 49.2. The number of rotatable bonds is 13. The number of carbonyl (C=O) groups excluding carboxylic acids is 4. The number of methoxy groups -OCH3 is 2. The molecule has 4 amide bonds. The summed E-state index contributed by atoms with van der Waals surface area (Å²) in [5.74, 6) is -0.121. The molecule has 7 heterocycles. The van der Waals surface area contributed by atoms with Crippen LogP contribution in [0.25, 0.3) is 44.7 Å². The Hall–Kier alpha value is -6.76. The van der Waals surface area contributed by atoms with Gasteiger partial charge in [0.2, 0.25) is 18.0 Å². The number of aromatic amines is 2. The van der Waals surface area contributed by atoms with Gasteiger partial charge in [0.1, 0.15) is 35.3 Å². The number of likely N-dealkylation sites (tertiary alicyclic amines) is 2. The van der Waals surface area contributed by atoms with Crippen LogP contribution in [0, 0.1) is 17.7 Å². The SMILES string of the molecule is COC(=O)N[C@H](C(=O)N1CCC[C@H]1c1ncc(-c2cc(F)c3c(c2)OC(c2ccc(C(C)CF)s2)n2c-3cc3cc(-c4cnc([C@@H]5CCCN5C(=O)[C@@H](NC(=O)OC)C(C)C)[nH]4)ccc32)[nH]1)C(C)C. The summed E-state index contributed by atoms with van der Waals surface area (Å²) in [6.45, 7) is 9.80. The van der Waals surface area contributed by atoms with Gasteiger partial charge in [-0.1, -0.05) is 40.7 Å². The molecular weight excluding hydrogens is 909 g/mol. The zero-order valence-corrected chi connectivity index (χ0v) is 40.4. The third kappa shape index (κ3) is 8.92. The quantitative estimate of drug-likeness (QED) is 0.0874.